The fourth-order valence-electron chi connectivity index (χ4n) is 0.833. The van der Waals surface area contributed by atoms with E-state index < -0.39 is 0 Å². The van der Waals surface area contributed by atoms with Crippen LogP contribution in [0.2, 0.25) is 0 Å². The average Bonchev–Trinajstić information content (AvgIpc) is 1.94. The van der Waals surface area contributed by atoms with Gasteiger partial charge in [0.15, 0.2) is 5.78 Å². The van der Waals surface area contributed by atoms with E-state index in [0.717, 1.165) is 3.57 Å². The summed E-state index contributed by atoms with van der Waals surface area (Å²) in [5.74, 6) is 0.0148. The van der Waals surface area contributed by atoms with Gasteiger partial charge in [-0.15, -0.1) is 0 Å². The van der Waals surface area contributed by atoms with Gasteiger partial charge >= 0.3 is 0 Å². The predicted molar refractivity (Wildman–Crippen MR) is 53.6 cm³/mol. The smallest absolute Gasteiger partial charge is 0.161 e. The van der Waals surface area contributed by atoms with E-state index in [1.54, 1.807) is 12.1 Å². The number of hydrogen-bond acceptors (Lipinski definition) is 2. The van der Waals surface area contributed by atoms with E-state index >= 15 is 0 Å². The number of halogens is 1. The highest BCUT2D eigenvalue weighted by Crippen LogP contribution is 2.15. The van der Waals surface area contributed by atoms with E-state index in [0.29, 0.717) is 11.3 Å². The monoisotopic (exact) mass is 261 g/mol. The Morgan fingerprint density at radius 2 is 2.18 bits per heavy atom. The lowest BCUT2D eigenvalue weighted by Crippen LogP contribution is -1.99. The fourth-order valence-corrected chi connectivity index (χ4v) is 1.32. The molecule has 1 aromatic rings. The lowest BCUT2D eigenvalue weighted by atomic mass is 10.1. The normalized spacial score (nSPS) is 9.64. The number of nitrogen functional groups attached to an aromatic ring is 1. The lowest BCUT2D eigenvalue weighted by molar-refractivity contribution is 0.101. The molecule has 0 radical (unpaired) electrons. The summed E-state index contributed by atoms with van der Waals surface area (Å²) in [6.07, 6.45) is 0. The van der Waals surface area contributed by atoms with Crippen LogP contribution in [0.5, 0.6) is 0 Å². The molecule has 0 unspecified atom stereocenters. The number of benzene rings is 1. The second-order valence-corrected chi connectivity index (χ2v) is 3.53. The van der Waals surface area contributed by atoms with Crippen molar-refractivity contribution in [3.8, 4) is 0 Å². The average molecular weight is 261 g/mol. The van der Waals surface area contributed by atoms with Crippen LogP contribution in [-0.4, -0.2) is 5.78 Å². The van der Waals surface area contributed by atoms with Crippen LogP contribution in [0, 0.1) is 3.57 Å². The third-order valence-corrected chi connectivity index (χ3v) is 2.07. The van der Waals surface area contributed by atoms with Gasteiger partial charge in [0.1, 0.15) is 0 Å². The van der Waals surface area contributed by atoms with E-state index in [2.05, 4.69) is 22.6 Å². The Bertz CT molecular complexity index is 296. The topological polar surface area (TPSA) is 43.1 Å². The van der Waals surface area contributed by atoms with Crippen molar-refractivity contribution >= 4 is 34.1 Å². The van der Waals surface area contributed by atoms with E-state index in [-0.39, 0.29) is 5.78 Å². The van der Waals surface area contributed by atoms with Crippen molar-refractivity contribution in [3.05, 3.63) is 27.3 Å². The standard InChI is InChI=1S/C8H8INO/c1-5(11)7-4-6(9)2-3-8(7)10/h2-4H,10H2,1H3. The summed E-state index contributed by atoms with van der Waals surface area (Å²) in [6, 6.07) is 5.42. The molecular formula is C8H8INO. The molecule has 0 bridgehead atoms. The molecule has 0 spiro atoms. The molecule has 0 amide bonds. The first-order valence-electron chi connectivity index (χ1n) is 3.17. The maximum Gasteiger partial charge on any atom is 0.161 e. The predicted octanol–water partition coefficient (Wildman–Crippen LogP) is 2.08. The van der Waals surface area contributed by atoms with E-state index in [4.69, 9.17) is 5.73 Å². The van der Waals surface area contributed by atoms with Gasteiger partial charge in [-0.3, -0.25) is 4.79 Å². The molecule has 3 heteroatoms. The Morgan fingerprint density at radius 3 is 2.64 bits per heavy atom. The molecule has 2 nitrogen and oxygen atoms in total. The minimum absolute atomic E-state index is 0.0148. The first kappa shape index (κ1) is 8.52. The Hall–Kier alpha value is -0.580. The largest absolute Gasteiger partial charge is 0.398 e. The number of ketones is 1. The molecule has 0 heterocycles. The number of Topliss-reactive ketones (excluding diaryl/α,β-unsaturated/α-hetero) is 1. The molecule has 0 aliphatic rings. The summed E-state index contributed by atoms with van der Waals surface area (Å²) in [4.78, 5) is 10.9. The van der Waals surface area contributed by atoms with Crippen LogP contribution in [0.4, 0.5) is 5.69 Å². The van der Waals surface area contributed by atoms with Gasteiger partial charge in [-0.05, 0) is 47.7 Å². The summed E-state index contributed by atoms with van der Waals surface area (Å²) in [7, 11) is 0. The molecule has 0 atom stereocenters. The van der Waals surface area contributed by atoms with Crippen LogP contribution in [0.25, 0.3) is 0 Å². The molecule has 11 heavy (non-hydrogen) atoms. The van der Waals surface area contributed by atoms with Gasteiger partial charge in [-0.25, -0.2) is 0 Å². The highest BCUT2D eigenvalue weighted by molar-refractivity contribution is 14.1. The van der Waals surface area contributed by atoms with Crippen molar-refractivity contribution in [3.63, 3.8) is 0 Å². The quantitative estimate of drug-likeness (QED) is 0.477. The number of carbonyl (C=O) groups is 1. The molecule has 0 saturated heterocycles. The van der Waals surface area contributed by atoms with Crippen molar-refractivity contribution in [2.24, 2.45) is 0 Å². The van der Waals surface area contributed by atoms with Crippen LogP contribution < -0.4 is 5.73 Å². The molecule has 0 saturated carbocycles. The first-order chi connectivity index (χ1) is 5.11. The molecule has 0 aliphatic heterocycles. The zero-order valence-electron chi connectivity index (χ0n) is 6.10. The zero-order chi connectivity index (χ0) is 8.43. The second-order valence-electron chi connectivity index (χ2n) is 2.29. The molecule has 1 rings (SSSR count). The molecule has 0 aromatic heterocycles. The van der Waals surface area contributed by atoms with Crippen LogP contribution in [0.15, 0.2) is 18.2 Å². The highest BCUT2D eigenvalue weighted by Gasteiger charge is 2.03. The number of anilines is 1. The van der Waals surface area contributed by atoms with Crippen LogP contribution in [0.3, 0.4) is 0 Å². The number of rotatable bonds is 1. The maximum absolute atomic E-state index is 10.9. The van der Waals surface area contributed by atoms with E-state index in [1.165, 1.54) is 6.92 Å². The Morgan fingerprint density at radius 1 is 1.55 bits per heavy atom. The molecule has 0 fully saturated rings. The van der Waals surface area contributed by atoms with Crippen molar-refractivity contribution < 1.29 is 4.79 Å². The summed E-state index contributed by atoms with van der Waals surface area (Å²) < 4.78 is 1.03. The van der Waals surface area contributed by atoms with Gasteiger partial charge in [0.2, 0.25) is 0 Å². The Labute approximate surface area is 78.9 Å². The van der Waals surface area contributed by atoms with Gasteiger partial charge in [0, 0.05) is 14.8 Å². The molecule has 58 valence electrons. The SMILES string of the molecule is CC(=O)c1cc(I)ccc1N. The number of hydrogen-bond donors (Lipinski definition) is 1. The minimum Gasteiger partial charge on any atom is -0.398 e. The third-order valence-electron chi connectivity index (χ3n) is 1.39. The fraction of sp³-hybridized carbons (Fsp3) is 0.125. The summed E-state index contributed by atoms with van der Waals surface area (Å²) in [5, 5.41) is 0. The summed E-state index contributed by atoms with van der Waals surface area (Å²) in [6.45, 7) is 1.52. The second kappa shape index (κ2) is 3.21. The van der Waals surface area contributed by atoms with Crippen molar-refractivity contribution in [1.29, 1.82) is 0 Å². The zero-order valence-corrected chi connectivity index (χ0v) is 8.25. The number of carbonyl (C=O) groups excluding carboxylic acids is 1. The van der Waals surface area contributed by atoms with Gasteiger partial charge in [-0.1, -0.05) is 0 Å². The minimum atomic E-state index is 0.0148. The van der Waals surface area contributed by atoms with Gasteiger partial charge < -0.3 is 5.73 Å². The van der Waals surface area contributed by atoms with Gasteiger partial charge in [0.05, 0.1) is 0 Å². The molecule has 2 N–H and O–H groups in total. The van der Waals surface area contributed by atoms with E-state index in [9.17, 15) is 4.79 Å². The third kappa shape index (κ3) is 1.92. The van der Waals surface area contributed by atoms with Gasteiger partial charge in [0.25, 0.3) is 0 Å². The molecular weight excluding hydrogens is 253 g/mol. The Kier molecular flexibility index (Phi) is 2.49. The summed E-state index contributed by atoms with van der Waals surface area (Å²) >= 11 is 2.15. The summed E-state index contributed by atoms with van der Waals surface area (Å²) in [5.41, 5.74) is 6.73. The van der Waals surface area contributed by atoms with Crippen molar-refractivity contribution in [2.75, 3.05) is 5.73 Å². The van der Waals surface area contributed by atoms with E-state index in [1.807, 2.05) is 6.07 Å². The van der Waals surface area contributed by atoms with Gasteiger partial charge in [-0.2, -0.15) is 0 Å². The van der Waals surface area contributed by atoms with Crippen LogP contribution in [0.1, 0.15) is 17.3 Å². The maximum atomic E-state index is 10.9. The lowest BCUT2D eigenvalue weighted by Gasteiger charge is -2.00. The first-order valence-corrected chi connectivity index (χ1v) is 4.25. The van der Waals surface area contributed by atoms with Crippen LogP contribution in [-0.2, 0) is 0 Å². The highest BCUT2D eigenvalue weighted by atomic mass is 127. The molecule has 1 aromatic carbocycles. The Balaban J connectivity index is 3.23. The number of nitrogens with two attached hydrogens (primary N) is 1. The van der Waals surface area contributed by atoms with Crippen molar-refractivity contribution in [1.82, 2.24) is 0 Å². The molecule has 0 aliphatic carbocycles. The van der Waals surface area contributed by atoms with Crippen molar-refractivity contribution in [2.45, 2.75) is 6.92 Å². The van der Waals surface area contributed by atoms with Crippen LogP contribution >= 0.6 is 22.6 Å².